The lowest BCUT2D eigenvalue weighted by Gasteiger charge is -2.26. The number of aromatic nitrogens is 2. The lowest BCUT2D eigenvalue weighted by molar-refractivity contribution is -0.119. The van der Waals surface area contributed by atoms with Crippen LogP contribution in [0.15, 0.2) is 53.7 Å². The summed E-state index contributed by atoms with van der Waals surface area (Å²) in [4.78, 5) is 17.4. The third-order valence-corrected chi connectivity index (χ3v) is 6.59. The molecule has 158 valence electrons. The first-order valence-corrected chi connectivity index (χ1v) is 11.8. The summed E-state index contributed by atoms with van der Waals surface area (Å²) in [6, 6.07) is 16.4. The number of hydrogen-bond donors (Lipinski definition) is 1. The van der Waals surface area contributed by atoms with Crippen molar-refractivity contribution in [2.75, 3.05) is 12.4 Å². The Kier molecular flexibility index (Phi) is 6.62. The summed E-state index contributed by atoms with van der Waals surface area (Å²) in [5.74, 6) is 2.08. The zero-order valence-electron chi connectivity index (χ0n) is 17.6. The highest BCUT2D eigenvalue weighted by Crippen LogP contribution is 2.29. The van der Waals surface area contributed by atoms with Crippen molar-refractivity contribution in [3.05, 3.63) is 48.5 Å². The molecule has 0 unspecified atom stereocenters. The number of nitrogens with one attached hydrogen (secondary N) is 1. The van der Waals surface area contributed by atoms with Crippen molar-refractivity contribution in [1.29, 1.82) is 0 Å². The van der Waals surface area contributed by atoms with Crippen molar-refractivity contribution in [3.63, 3.8) is 0 Å². The highest BCUT2D eigenvalue weighted by Gasteiger charge is 2.20. The number of imidazole rings is 1. The first-order chi connectivity index (χ1) is 14.6. The minimum atomic E-state index is 0.0878. The van der Waals surface area contributed by atoms with Crippen molar-refractivity contribution in [2.24, 2.45) is 5.92 Å². The predicted octanol–water partition coefficient (Wildman–Crippen LogP) is 5.21. The van der Waals surface area contributed by atoms with E-state index in [1.54, 1.807) is 0 Å². The molecule has 0 bridgehead atoms. The van der Waals surface area contributed by atoms with Gasteiger partial charge in [-0.25, -0.2) is 4.98 Å². The highest BCUT2D eigenvalue weighted by atomic mass is 32.2. The van der Waals surface area contributed by atoms with Gasteiger partial charge in [0.1, 0.15) is 5.75 Å². The molecule has 1 aromatic heterocycles. The molecule has 3 aromatic rings. The fraction of sp³-hybridized carbons (Fsp3) is 0.417. The van der Waals surface area contributed by atoms with Crippen molar-refractivity contribution < 1.29 is 9.53 Å². The molecule has 0 aliphatic heterocycles. The molecule has 6 heteroatoms. The fourth-order valence-electron chi connectivity index (χ4n) is 4.01. The summed E-state index contributed by atoms with van der Waals surface area (Å²) in [6.07, 6.45) is 4.57. The molecule has 0 radical (unpaired) electrons. The van der Waals surface area contributed by atoms with Crippen LogP contribution in [0.25, 0.3) is 16.7 Å². The molecule has 4 rings (SSSR count). The second-order valence-electron chi connectivity index (χ2n) is 7.96. The fourth-order valence-corrected chi connectivity index (χ4v) is 4.85. The van der Waals surface area contributed by atoms with E-state index in [1.807, 2.05) is 49.4 Å². The molecule has 0 atom stereocenters. The topological polar surface area (TPSA) is 56.1 Å². The van der Waals surface area contributed by atoms with Crippen LogP contribution in [0, 0.1) is 5.92 Å². The van der Waals surface area contributed by atoms with Crippen LogP contribution in [0.2, 0.25) is 0 Å². The lowest BCUT2D eigenvalue weighted by atomic mass is 9.87. The number of nitrogens with zero attached hydrogens (tertiary/aromatic N) is 2. The first-order valence-electron chi connectivity index (χ1n) is 10.8. The molecule has 1 aliphatic rings. The van der Waals surface area contributed by atoms with Gasteiger partial charge in [0.15, 0.2) is 5.16 Å². The number of amides is 1. The summed E-state index contributed by atoms with van der Waals surface area (Å²) < 4.78 is 7.69. The molecular weight excluding hydrogens is 394 g/mol. The van der Waals surface area contributed by atoms with Crippen LogP contribution in [-0.2, 0) is 4.79 Å². The number of hydrogen-bond acceptors (Lipinski definition) is 4. The number of thioether (sulfide) groups is 1. The Labute approximate surface area is 182 Å². The van der Waals surface area contributed by atoms with E-state index in [9.17, 15) is 4.79 Å². The average Bonchev–Trinajstić information content (AvgIpc) is 3.13. The molecule has 0 spiro atoms. The van der Waals surface area contributed by atoms with Crippen LogP contribution < -0.4 is 10.1 Å². The van der Waals surface area contributed by atoms with E-state index in [0.29, 0.717) is 18.4 Å². The van der Waals surface area contributed by atoms with Gasteiger partial charge in [0.05, 0.1) is 23.4 Å². The molecule has 1 heterocycles. The van der Waals surface area contributed by atoms with Gasteiger partial charge in [-0.3, -0.25) is 9.36 Å². The quantitative estimate of drug-likeness (QED) is 0.530. The van der Waals surface area contributed by atoms with E-state index in [2.05, 4.69) is 22.9 Å². The summed E-state index contributed by atoms with van der Waals surface area (Å²) in [5, 5.41) is 4.04. The van der Waals surface area contributed by atoms with Gasteiger partial charge in [0, 0.05) is 11.7 Å². The highest BCUT2D eigenvalue weighted by molar-refractivity contribution is 7.99. The van der Waals surface area contributed by atoms with Gasteiger partial charge in [0.25, 0.3) is 0 Å². The minimum Gasteiger partial charge on any atom is -0.494 e. The number of para-hydroxylation sites is 2. The summed E-state index contributed by atoms with van der Waals surface area (Å²) in [6.45, 7) is 4.91. The Bertz CT molecular complexity index is 991. The average molecular weight is 424 g/mol. The van der Waals surface area contributed by atoms with Crippen LogP contribution >= 0.6 is 11.8 Å². The Balaban J connectivity index is 1.51. The molecule has 0 saturated heterocycles. The maximum atomic E-state index is 12.6. The van der Waals surface area contributed by atoms with E-state index in [0.717, 1.165) is 46.4 Å². The molecule has 1 aliphatic carbocycles. The molecule has 1 saturated carbocycles. The molecule has 1 N–H and O–H groups in total. The number of benzene rings is 2. The number of carbonyl (C=O) groups excluding carboxylic acids is 1. The number of rotatable bonds is 7. The normalized spacial score (nSPS) is 19.0. The molecule has 2 aromatic carbocycles. The molecule has 30 heavy (non-hydrogen) atoms. The first kappa shape index (κ1) is 20.8. The summed E-state index contributed by atoms with van der Waals surface area (Å²) in [5.41, 5.74) is 2.97. The molecule has 1 amide bonds. The van der Waals surface area contributed by atoms with Crippen LogP contribution in [0.4, 0.5) is 0 Å². The molecule has 5 nitrogen and oxygen atoms in total. The Morgan fingerprint density at radius 1 is 1.13 bits per heavy atom. The smallest absolute Gasteiger partial charge is 0.230 e. The van der Waals surface area contributed by atoms with Crippen LogP contribution in [0.5, 0.6) is 5.75 Å². The standard InChI is InChI=1S/C24H29N3O2S/c1-3-29-20-14-12-19(13-15-20)27-22-7-5-4-6-21(22)26-24(27)30-16-23(28)25-18-10-8-17(2)9-11-18/h4-7,12-15,17-18H,3,8-11,16H2,1-2H3,(H,25,28). The third kappa shape index (κ3) is 4.81. The number of fused-ring (bicyclic) bond motifs is 1. The number of carbonyl (C=O) groups is 1. The maximum absolute atomic E-state index is 12.6. The van der Waals surface area contributed by atoms with Crippen molar-refractivity contribution in [1.82, 2.24) is 14.9 Å². The van der Waals surface area contributed by atoms with E-state index < -0.39 is 0 Å². The van der Waals surface area contributed by atoms with E-state index in [-0.39, 0.29) is 5.91 Å². The SMILES string of the molecule is CCOc1ccc(-n2c(SCC(=O)NC3CCC(C)CC3)nc3ccccc32)cc1. The maximum Gasteiger partial charge on any atom is 0.230 e. The van der Waals surface area contributed by atoms with Crippen LogP contribution in [0.1, 0.15) is 39.5 Å². The van der Waals surface area contributed by atoms with Crippen LogP contribution in [-0.4, -0.2) is 33.9 Å². The Morgan fingerprint density at radius 3 is 2.60 bits per heavy atom. The predicted molar refractivity (Wildman–Crippen MR) is 123 cm³/mol. The third-order valence-electron chi connectivity index (χ3n) is 5.65. The Hall–Kier alpha value is -2.47. The second kappa shape index (κ2) is 9.56. The van der Waals surface area contributed by atoms with Crippen LogP contribution in [0.3, 0.4) is 0 Å². The van der Waals surface area contributed by atoms with Crippen molar-refractivity contribution in [2.45, 2.75) is 50.7 Å². The molecule has 1 fully saturated rings. The van der Waals surface area contributed by atoms with Gasteiger partial charge >= 0.3 is 0 Å². The lowest BCUT2D eigenvalue weighted by Crippen LogP contribution is -2.38. The Morgan fingerprint density at radius 2 is 1.87 bits per heavy atom. The second-order valence-corrected chi connectivity index (χ2v) is 8.90. The monoisotopic (exact) mass is 423 g/mol. The minimum absolute atomic E-state index is 0.0878. The van der Waals surface area contributed by atoms with Crippen molar-refractivity contribution >= 4 is 28.7 Å². The van der Waals surface area contributed by atoms with Gasteiger partial charge in [-0.15, -0.1) is 0 Å². The van der Waals surface area contributed by atoms with Gasteiger partial charge in [-0.2, -0.15) is 0 Å². The summed E-state index contributed by atoms with van der Waals surface area (Å²) >= 11 is 1.49. The van der Waals surface area contributed by atoms with E-state index >= 15 is 0 Å². The van der Waals surface area contributed by atoms with Gasteiger partial charge in [0.2, 0.25) is 5.91 Å². The zero-order chi connectivity index (χ0) is 20.9. The largest absolute Gasteiger partial charge is 0.494 e. The zero-order valence-corrected chi connectivity index (χ0v) is 18.5. The molecular formula is C24H29N3O2S. The van der Waals surface area contributed by atoms with Gasteiger partial charge in [-0.05, 0) is 74.9 Å². The van der Waals surface area contributed by atoms with E-state index in [1.165, 1.54) is 24.6 Å². The number of ether oxygens (including phenoxy) is 1. The summed E-state index contributed by atoms with van der Waals surface area (Å²) in [7, 11) is 0. The van der Waals surface area contributed by atoms with Gasteiger partial charge in [-0.1, -0.05) is 30.8 Å². The van der Waals surface area contributed by atoms with Crippen molar-refractivity contribution in [3.8, 4) is 11.4 Å². The van der Waals surface area contributed by atoms with Gasteiger partial charge < -0.3 is 10.1 Å². The van der Waals surface area contributed by atoms with E-state index in [4.69, 9.17) is 9.72 Å².